The predicted octanol–water partition coefficient (Wildman–Crippen LogP) is 5.07. The fraction of sp³-hybridized carbons (Fsp3) is 0.895. The Morgan fingerprint density at radius 2 is 1.60 bits per heavy atom. The van der Waals surface area contributed by atoms with Crippen molar-refractivity contribution in [3.8, 4) is 0 Å². The average molecular weight is 275 g/mol. The van der Waals surface area contributed by atoms with Crippen LogP contribution in [0.2, 0.25) is 0 Å². The molecular formula is C19H33N. The van der Waals surface area contributed by atoms with Crippen molar-refractivity contribution in [2.75, 3.05) is 6.54 Å². The van der Waals surface area contributed by atoms with E-state index in [0.29, 0.717) is 0 Å². The van der Waals surface area contributed by atoms with Gasteiger partial charge in [0, 0.05) is 12.6 Å². The van der Waals surface area contributed by atoms with E-state index in [0.717, 1.165) is 23.8 Å². The standard InChI is InChI=1S/C19H33N/c1-15-7-9-16(10-8-15)13-18(14-20-19-11-12-19)17-5-3-2-4-6-17/h13,15-17,19-20H,2-12,14H2,1H3/b18-13-. The minimum atomic E-state index is 0.855. The van der Waals surface area contributed by atoms with Gasteiger partial charge in [0.15, 0.2) is 0 Å². The Morgan fingerprint density at radius 1 is 0.900 bits per heavy atom. The Labute approximate surface area is 125 Å². The lowest BCUT2D eigenvalue weighted by Crippen LogP contribution is -2.25. The first-order chi connectivity index (χ1) is 9.81. The average Bonchev–Trinajstić information content (AvgIpc) is 3.31. The highest BCUT2D eigenvalue weighted by atomic mass is 14.9. The number of nitrogens with one attached hydrogen (secondary N) is 1. The summed E-state index contributed by atoms with van der Waals surface area (Å²) in [6, 6.07) is 0.855. The molecule has 0 unspecified atom stereocenters. The first-order valence-electron chi connectivity index (χ1n) is 9.25. The van der Waals surface area contributed by atoms with Gasteiger partial charge in [-0.25, -0.2) is 0 Å². The van der Waals surface area contributed by atoms with Crippen LogP contribution in [0.15, 0.2) is 11.6 Å². The van der Waals surface area contributed by atoms with Crippen molar-refractivity contribution < 1.29 is 0 Å². The van der Waals surface area contributed by atoms with Crippen LogP contribution in [-0.2, 0) is 0 Å². The summed E-state index contributed by atoms with van der Waals surface area (Å²) in [5.74, 6) is 2.78. The topological polar surface area (TPSA) is 12.0 Å². The third kappa shape index (κ3) is 4.35. The fourth-order valence-corrected chi connectivity index (χ4v) is 4.12. The van der Waals surface area contributed by atoms with Crippen molar-refractivity contribution in [2.45, 2.75) is 83.6 Å². The summed E-state index contributed by atoms with van der Waals surface area (Å²) in [6.45, 7) is 3.62. The monoisotopic (exact) mass is 275 g/mol. The normalized spacial score (nSPS) is 33.4. The molecule has 20 heavy (non-hydrogen) atoms. The minimum Gasteiger partial charge on any atom is -0.310 e. The van der Waals surface area contributed by atoms with Crippen LogP contribution in [0.25, 0.3) is 0 Å². The molecule has 0 radical (unpaired) electrons. The zero-order valence-corrected chi connectivity index (χ0v) is 13.4. The summed E-state index contributed by atoms with van der Waals surface area (Å²) in [4.78, 5) is 0. The van der Waals surface area contributed by atoms with Crippen LogP contribution in [0, 0.1) is 17.8 Å². The molecule has 0 aromatic rings. The smallest absolute Gasteiger partial charge is 0.0170 e. The highest BCUT2D eigenvalue weighted by molar-refractivity contribution is 5.13. The predicted molar refractivity (Wildman–Crippen MR) is 86.8 cm³/mol. The van der Waals surface area contributed by atoms with E-state index in [4.69, 9.17) is 0 Å². The third-order valence-corrected chi connectivity index (χ3v) is 5.81. The summed E-state index contributed by atoms with van der Waals surface area (Å²) in [5, 5.41) is 3.78. The molecule has 0 spiro atoms. The molecule has 0 aliphatic heterocycles. The summed E-state index contributed by atoms with van der Waals surface area (Å²) in [5.41, 5.74) is 1.79. The van der Waals surface area contributed by atoms with Crippen LogP contribution < -0.4 is 5.32 Å². The maximum absolute atomic E-state index is 3.78. The van der Waals surface area contributed by atoms with Crippen molar-refractivity contribution >= 4 is 0 Å². The first-order valence-corrected chi connectivity index (χ1v) is 9.25. The van der Waals surface area contributed by atoms with E-state index < -0.39 is 0 Å². The molecule has 0 heterocycles. The van der Waals surface area contributed by atoms with E-state index in [2.05, 4.69) is 18.3 Å². The third-order valence-electron chi connectivity index (χ3n) is 5.81. The summed E-state index contributed by atoms with van der Waals surface area (Å²) >= 11 is 0. The fourth-order valence-electron chi connectivity index (χ4n) is 4.12. The van der Waals surface area contributed by atoms with E-state index in [1.54, 1.807) is 5.57 Å². The highest BCUT2D eigenvalue weighted by Gasteiger charge is 2.25. The van der Waals surface area contributed by atoms with Crippen LogP contribution in [-0.4, -0.2) is 12.6 Å². The molecule has 0 aromatic carbocycles. The molecular weight excluding hydrogens is 242 g/mol. The second kappa shape index (κ2) is 7.11. The molecule has 3 rings (SSSR count). The largest absolute Gasteiger partial charge is 0.310 e. The molecule has 1 heteroatoms. The van der Waals surface area contributed by atoms with Gasteiger partial charge in [-0.3, -0.25) is 0 Å². The molecule has 0 aromatic heterocycles. The quantitative estimate of drug-likeness (QED) is 0.691. The molecule has 0 atom stereocenters. The zero-order valence-electron chi connectivity index (χ0n) is 13.4. The SMILES string of the molecule is CC1CCC(/C=C(/CNC2CC2)C2CCCCC2)CC1. The van der Waals surface area contributed by atoms with Gasteiger partial charge >= 0.3 is 0 Å². The molecule has 0 amide bonds. The van der Waals surface area contributed by atoms with Gasteiger partial charge in [-0.15, -0.1) is 0 Å². The van der Waals surface area contributed by atoms with Gasteiger partial charge in [-0.1, -0.05) is 50.7 Å². The maximum atomic E-state index is 3.78. The molecule has 0 saturated heterocycles. The second-order valence-corrected chi connectivity index (χ2v) is 7.75. The molecule has 3 fully saturated rings. The lowest BCUT2D eigenvalue weighted by Gasteiger charge is -2.29. The highest BCUT2D eigenvalue weighted by Crippen LogP contribution is 2.34. The molecule has 1 N–H and O–H groups in total. The lowest BCUT2D eigenvalue weighted by molar-refractivity contribution is 0.324. The molecule has 1 nitrogen and oxygen atoms in total. The van der Waals surface area contributed by atoms with E-state index in [1.165, 1.54) is 77.2 Å². The van der Waals surface area contributed by atoms with Gasteiger partial charge in [0.05, 0.1) is 0 Å². The maximum Gasteiger partial charge on any atom is 0.0170 e. The summed E-state index contributed by atoms with van der Waals surface area (Å²) in [6.07, 6.45) is 18.7. The van der Waals surface area contributed by atoms with E-state index in [-0.39, 0.29) is 0 Å². The molecule has 3 aliphatic carbocycles. The van der Waals surface area contributed by atoms with Crippen LogP contribution in [0.3, 0.4) is 0 Å². The minimum absolute atomic E-state index is 0.855. The van der Waals surface area contributed by atoms with E-state index in [9.17, 15) is 0 Å². The van der Waals surface area contributed by atoms with Crippen LogP contribution >= 0.6 is 0 Å². The van der Waals surface area contributed by atoms with Crippen molar-refractivity contribution in [3.63, 3.8) is 0 Å². The van der Waals surface area contributed by atoms with Crippen LogP contribution in [0.5, 0.6) is 0 Å². The lowest BCUT2D eigenvalue weighted by atomic mass is 9.78. The molecule has 114 valence electrons. The first kappa shape index (κ1) is 14.6. The zero-order chi connectivity index (χ0) is 13.8. The number of hydrogen-bond donors (Lipinski definition) is 1. The van der Waals surface area contributed by atoms with Crippen LogP contribution in [0.1, 0.15) is 77.6 Å². The van der Waals surface area contributed by atoms with Crippen molar-refractivity contribution in [1.82, 2.24) is 5.32 Å². The Balaban J connectivity index is 1.59. The van der Waals surface area contributed by atoms with E-state index in [1.807, 2.05) is 0 Å². The molecule has 0 bridgehead atoms. The van der Waals surface area contributed by atoms with Crippen LogP contribution in [0.4, 0.5) is 0 Å². The van der Waals surface area contributed by atoms with Gasteiger partial charge < -0.3 is 5.32 Å². The summed E-state index contributed by atoms with van der Waals surface area (Å²) < 4.78 is 0. The van der Waals surface area contributed by atoms with Crippen molar-refractivity contribution in [1.29, 1.82) is 0 Å². The Bertz CT molecular complexity index is 315. The Kier molecular flexibility index (Phi) is 5.20. The Hall–Kier alpha value is -0.300. The van der Waals surface area contributed by atoms with Crippen molar-refractivity contribution in [2.24, 2.45) is 17.8 Å². The number of hydrogen-bond acceptors (Lipinski definition) is 1. The number of rotatable bonds is 5. The van der Waals surface area contributed by atoms with Gasteiger partial charge in [0.2, 0.25) is 0 Å². The molecule has 3 aliphatic rings. The second-order valence-electron chi connectivity index (χ2n) is 7.75. The van der Waals surface area contributed by atoms with Crippen molar-refractivity contribution in [3.05, 3.63) is 11.6 Å². The Morgan fingerprint density at radius 3 is 2.25 bits per heavy atom. The van der Waals surface area contributed by atoms with Gasteiger partial charge in [-0.2, -0.15) is 0 Å². The van der Waals surface area contributed by atoms with Gasteiger partial charge in [-0.05, 0) is 56.3 Å². The molecule has 3 saturated carbocycles. The summed E-state index contributed by atoms with van der Waals surface area (Å²) in [7, 11) is 0. The number of allylic oxidation sites excluding steroid dienone is 1. The van der Waals surface area contributed by atoms with E-state index >= 15 is 0 Å². The van der Waals surface area contributed by atoms with Gasteiger partial charge in [0.25, 0.3) is 0 Å². The van der Waals surface area contributed by atoms with Gasteiger partial charge in [0.1, 0.15) is 0 Å².